The normalized spacial score (nSPS) is 24.2. The van der Waals surface area contributed by atoms with E-state index in [0.717, 1.165) is 12.8 Å². The number of hydrogen-bond donors (Lipinski definition) is 1. The molecule has 1 saturated heterocycles. The van der Waals surface area contributed by atoms with E-state index in [0.29, 0.717) is 13.1 Å². The van der Waals surface area contributed by atoms with Crippen molar-refractivity contribution in [1.29, 1.82) is 5.26 Å². The van der Waals surface area contributed by atoms with Crippen LogP contribution in [0.2, 0.25) is 0 Å². The smallest absolute Gasteiger partial charge is 0.244 e. The van der Waals surface area contributed by atoms with Crippen LogP contribution in [0.3, 0.4) is 0 Å². The fourth-order valence-corrected chi connectivity index (χ4v) is 4.68. The van der Waals surface area contributed by atoms with Crippen LogP contribution in [0.25, 0.3) is 0 Å². The zero-order valence-corrected chi connectivity index (χ0v) is 12.3. The summed E-state index contributed by atoms with van der Waals surface area (Å²) >= 11 is 0. The first-order chi connectivity index (χ1) is 9.52. The third kappa shape index (κ3) is 2.57. The van der Waals surface area contributed by atoms with E-state index in [1.165, 1.54) is 16.4 Å². The third-order valence-electron chi connectivity index (χ3n) is 3.90. The van der Waals surface area contributed by atoms with E-state index in [1.54, 1.807) is 12.1 Å². The van der Waals surface area contributed by atoms with Gasteiger partial charge in [0.05, 0.1) is 10.5 Å². The molecule has 6 heteroatoms. The van der Waals surface area contributed by atoms with Gasteiger partial charge in [0.1, 0.15) is 6.07 Å². The zero-order chi connectivity index (χ0) is 14.8. The first kappa shape index (κ1) is 15.0. The SMILES string of the molecule is CC1CCCN(S(=O)(=O)c2ccccc2C#N)C1CN. The molecule has 0 aliphatic carbocycles. The summed E-state index contributed by atoms with van der Waals surface area (Å²) in [5.41, 5.74) is 5.94. The average Bonchev–Trinajstić information content (AvgIpc) is 2.46. The minimum atomic E-state index is -3.67. The molecule has 1 aromatic rings. The highest BCUT2D eigenvalue weighted by atomic mass is 32.2. The van der Waals surface area contributed by atoms with Gasteiger partial charge in [0.2, 0.25) is 10.0 Å². The lowest BCUT2D eigenvalue weighted by atomic mass is 9.93. The number of benzene rings is 1. The minimum Gasteiger partial charge on any atom is -0.329 e. The van der Waals surface area contributed by atoms with Crippen molar-refractivity contribution < 1.29 is 8.42 Å². The van der Waals surface area contributed by atoms with Crippen LogP contribution in [0.5, 0.6) is 0 Å². The molecule has 20 heavy (non-hydrogen) atoms. The molecule has 2 atom stereocenters. The van der Waals surface area contributed by atoms with Crippen molar-refractivity contribution in [3.05, 3.63) is 29.8 Å². The van der Waals surface area contributed by atoms with Gasteiger partial charge in [-0.3, -0.25) is 0 Å². The monoisotopic (exact) mass is 293 g/mol. The van der Waals surface area contributed by atoms with Gasteiger partial charge in [-0.1, -0.05) is 19.1 Å². The van der Waals surface area contributed by atoms with Crippen molar-refractivity contribution in [2.24, 2.45) is 11.7 Å². The van der Waals surface area contributed by atoms with Crippen molar-refractivity contribution >= 4 is 10.0 Å². The number of hydrogen-bond acceptors (Lipinski definition) is 4. The number of nitrogens with zero attached hydrogens (tertiary/aromatic N) is 2. The molecule has 0 bridgehead atoms. The van der Waals surface area contributed by atoms with Crippen molar-refractivity contribution in [3.8, 4) is 6.07 Å². The molecule has 0 spiro atoms. The summed E-state index contributed by atoms with van der Waals surface area (Å²) in [7, 11) is -3.67. The predicted molar refractivity (Wildman–Crippen MR) is 76.3 cm³/mol. The summed E-state index contributed by atoms with van der Waals surface area (Å²) in [6, 6.07) is 8.07. The highest BCUT2D eigenvalue weighted by molar-refractivity contribution is 7.89. The van der Waals surface area contributed by atoms with Crippen LogP contribution >= 0.6 is 0 Å². The Kier molecular flexibility index (Phi) is 4.43. The zero-order valence-electron chi connectivity index (χ0n) is 11.5. The van der Waals surface area contributed by atoms with Crippen LogP contribution in [0.15, 0.2) is 29.2 Å². The molecule has 1 aliphatic heterocycles. The minimum absolute atomic E-state index is 0.0788. The molecule has 1 aliphatic rings. The standard InChI is InChI=1S/C14H19N3O2S/c1-11-5-4-8-17(13(11)10-16)20(18,19)14-7-3-2-6-12(14)9-15/h2-3,6-7,11,13H,4-5,8,10,16H2,1H3. The Hall–Kier alpha value is -1.42. The topological polar surface area (TPSA) is 87.2 Å². The second-order valence-electron chi connectivity index (χ2n) is 5.15. The summed E-state index contributed by atoms with van der Waals surface area (Å²) < 4.78 is 27.1. The molecular weight excluding hydrogens is 274 g/mol. The van der Waals surface area contributed by atoms with Crippen molar-refractivity contribution in [3.63, 3.8) is 0 Å². The lowest BCUT2D eigenvalue weighted by molar-refractivity contribution is 0.192. The molecule has 108 valence electrons. The van der Waals surface area contributed by atoms with Gasteiger partial charge < -0.3 is 5.73 Å². The first-order valence-corrected chi connectivity index (χ1v) is 8.17. The molecule has 1 heterocycles. The van der Waals surface area contributed by atoms with Gasteiger partial charge in [-0.25, -0.2) is 8.42 Å². The summed E-state index contributed by atoms with van der Waals surface area (Å²) in [4.78, 5) is 0.0788. The van der Waals surface area contributed by atoms with Crippen LogP contribution in [-0.4, -0.2) is 31.9 Å². The number of nitrogens with two attached hydrogens (primary N) is 1. The highest BCUT2D eigenvalue weighted by Crippen LogP contribution is 2.29. The average molecular weight is 293 g/mol. The molecule has 1 aromatic carbocycles. The van der Waals surface area contributed by atoms with Crippen LogP contribution in [0.4, 0.5) is 0 Å². The number of sulfonamides is 1. The predicted octanol–water partition coefficient (Wildman–Crippen LogP) is 1.31. The van der Waals surface area contributed by atoms with E-state index in [-0.39, 0.29) is 22.4 Å². The van der Waals surface area contributed by atoms with Gasteiger partial charge in [0.15, 0.2) is 0 Å². The fourth-order valence-electron chi connectivity index (χ4n) is 2.77. The van der Waals surface area contributed by atoms with Crippen LogP contribution < -0.4 is 5.73 Å². The molecule has 0 amide bonds. The first-order valence-electron chi connectivity index (χ1n) is 6.73. The Labute approximate surface area is 120 Å². The Morgan fingerprint density at radius 2 is 2.15 bits per heavy atom. The molecule has 2 N–H and O–H groups in total. The van der Waals surface area contributed by atoms with Crippen molar-refractivity contribution in [2.75, 3.05) is 13.1 Å². The van der Waals surface area contributed by atoms with Crippen LogP contribution in [0, 0.1) is 17.2 Å². The number of nitriles is 1. The largest absolute Gasteiger partial charge is 0.329 e. The molecule has 2 rings (SSSR count). The highest BCUT2D eigenvalue weighted by Gasteiger charge is 2.37. The maximum Gasteiger partial charge on any atom is 0.244 e. The number of piperidine rings is 1. The van der Waals surface area contributed by atoms with E-state index in [2.05, 4.69) is 0 Å². The van der Waals surface area contributed by atoms with Crippen LogP contribution in [-0.2, 0) is 10.0 Å². The summed E-state index contributed by atoms with van der Waals surface area (Å²) in [6.45, 7) is 2.79. The maximum atomic E-state index is 12.8. The second kappa shape index (κ2) is 5.92. The molecule has 1 fully saturated rings. The van der Waals surface area contributed by atoms with Gasteiger partial charge in [0, 0.05) is 19.1 Å². The van der Waals surface area contributed by atoms with Crippen molar-refractivity contribution in [1.82, 2.24) is 4.31 Å². The van der Waals surface area contributed by atoms with Crippen molar-refractivity contribution in [2.45, 2.75) is 30.7 Å². The van der Waals surface area contributed by atoms with E-state index < -0.39 is 10.0 Å². The molecule has 0 saturated carbocycles. The third-order valence-corrected chi connectivity index (χ3v) is 5.88. The maximum absolute atomic E-state index is 12.8. The quantitative estimate of drug-likeness (QED) is 0.910. The van der Waals surface area contributed by atoms with Gasteiger partial charge in [-0.2, -0.15) is 9.57 Å². The van der Waals surface area contributed by atoms with E-state index >= 15 is 0 Å². The lowest BCUT2D eigenvalue weighted by Gasteiger charge is -2.38. The van der Waals surface area contributed by atoms with E-state index in [1.807, 2.05) is 13.0 Å². The Morgan fingerprint density at radius 3 is 2.80 bits per heavy atom. The molecule has 0 aromatic heterocycles. The lowest BCUT2D eigenvalue weighted by Crippen LogP contribution is -2.51. The Bertz CT molecular complexity index is 622. The molecule has 0 radical (unpaired) electrons. The summed E-state index contributed by atoms with van der Waals surface area (Å²) in [5.74, 6) is 0.234. The Balaban J connectivity index is 2.46. The molecule has 2 unspecified atom stereocenters. The van der Waals surface area contributed by atoms with E-state index in [9.17, 15) is 8.42 Å². The molecular formula is C14H19N3O2S. The summed E-state index contributed by atoms with van der Waals surface area (Å²) in [6.07, 6.45) is 1.80. The Morgan fingerprint density at radius 1 is 1.45 bits per heavy atom. The van der Waals surface area contributed by atoms with Gasteiger partial charge in [0.25, 0.3) is 0 Å². The second-order valence-corrected chi connectivity index (χ2v) is 7.01. The van der Waals surface area contributed by atoms with E-state index in [4.69, 9.17) is 11.0 Å². The van der Waals surface area contributed by atoms with Gasteiger partial charge in [-0.05, 0) is 30.9 Å². The number of rotatable bonds is 3. The molecule has 5 nitrogen and oxygen atoms in total. The van der Waals surface area contributed by atoms with Gasteiger partial charge >= 0.3 is 0 Å². The summed E-state index contributed by atoms with van der Waals surface area (Å²) in [5, 5.41) is 9.10. The van der Waals surface area contributed by atoms with Crippen LogP contribution in [0.1, 0.15) is 25.3 Å². The fraction of sp³-hybridized carbons (Fsp3) is 0.500. The van der Waals surface area contributed by atoms with Gasteiger partial charge in [-0.15, -0.1) is 0 Å².